The molecule has 0 saturated carbocycles. The summed E-state index contributed by atoms with van der Waals surface area (Å²) in [6, 6.07) is 7.62. The Balaban J connectivity index is 1.80. The van der Waals surface area contributed by atoms with Crippen molar-refractivity contribution in [1.29, 1.82) is 0 Å². The van der Waals surface area contributed by atoms with Crippen molar-refractivity contribution in [3.8, 4) is 11.5 Å². The summed E-state index contributed by atoms with van der Waals surface area (Å²) in [7, 11) is 0. The highest BCUT2D eigenvalue weighted by molar-refractivity contribution is 5.94. The fourth-order valence-electron chi connectivity index (χ4n) is 4.45. The number of hydrogen-bond donors (Lipinski definition) is 9. The standard InChI is InChI=1S/C30H39N7O7/c31-12-2-1-3-24(30(43)44)35-29(42)26(15-20-16-33-17-34-20)37-28(41)25(14-19-6-10-22(39)11-7-19)36-27(40)23(32)13-18-4-8-21(38)9-5-18/h4-11,16-17,23-26,38-39H,1-3,12-15,31-32H2,(H,33,34)(H,35,42)(H,36,40)(H,37,41)(H,43,44). The first kappa shape index (κ1) is 33.6. The molecule has 4 unspecified atom stereocenters. The van der Waals surface area contributed by atoms with Crippen molar-refractivity contribution in [3.63, 3.8) is 0 Å². The molecule has 3 rings (SSSR count). The second-order valence-electron chi connectivity index (χ2n) is 10.4. The second-order valence-corrected chi connectivity index (χ2v) is 10.4. The maximum atomic E-state index is 13.7. The average molecular weight is 610 g/mol. The first-order chi connectivity index (χ1) is 21.0. The number of imidazole rings is 1. The number of phenolic OH excluding ortho intramolecular Hbond substituents is 2. The number of phenols is 2. The Morgan fingerprint density at radius 1 is 0.750 bits per heavy atom. The van der Waals surface area contributed by atoms with Crippen LogP contribution in [0.3, 0.4) is 0 Å². The summed E-state index contributed by atoms with van der Waals surface area (Å²) < 4.78 is 0. The summed E-state index contributed by atoms with van der Waals surface area (Å²) in [6.45, 7) is 0.380. The molecule has 44 heavy (non-hydrogen) atoms. The van der Waals surface area contributed by atoms with Gasteiger partial charge in [0.25, 0.3) is 0 Å². The molecule has 236 valence electrons. The van der Waals surface area contributed by atoms with E-state index < -0.39 is 47.9 Å². The highest BCUT2D eigenvalue weighted by atomic mass is 16.4. The average Bonchev–Trinajstić information content (AvgIpc) is 3.51. The number of amides is 3. The van der Waals surface area contributed by atoms with Crippen LogP contribution in [0.5, 0.6) is 11.5 Å². The van der Waals surface area contributed by atoms with Crippen LogP contribution in [-0.2, 0) is 38.4 Å². The van der Waals surface area contributed by atoms with Gasteiger partial charge in [0.1, 0.15) is 29.6 Å². The van der Waals surface area contributed by atoms with Crippen molar-refractivity contribution < 1.29 is 34.5 Å². The molecule has 14 nitrogen and oxygen atoms in total. The number of rotatable bonds is 17. The Morgan fingerprint density at radius 2 is 1.27 bits per heavy atom. The molecule has 4 atom stereocenters. The molecule has 0 spiro atoms. The number of benzene rings is 2. The van der Waals surface area contributed by atoms with Crippen molar-refractivity contribution in [2.75, 3.05) is 6.54 Å². The number of aromatic hydroxyl groups is 2. The maximum absolute atomic E-state index is 13.7. The Labute approximate surface area is 254 Å². The largest absolute Gasteiger partial charge is 0.508 e. The minimum atomic E-state index is -1.22. The molecule has 11 N–H and O–H groups in total. The van der Waals surface area contributed by atoms with E-state index in [0.29, 0.717) is 36.2 Å². The monoisotopic (exact) mass is 609 g/mol. The van der Waals surface area contributed by atoms with E-state index >= 15 is 0 Å². The Bertz CT molecular complexity index is 1370. The van der Waals surface area contributed by atoms with Crippen molar-refractivity contribution in [2.45, 2.75) is 62.7 Å². The zero-order valence-electron chi connectivity index (χ0n) is 24.1. The fraction of sp³-hybridized carbons (Fsp3) is 0.367. The van der Waals surface area contributed by atoms with E-state index in [1.54, 1.807) is 24.3 Å². The molecular weight excluding hydrogens is 570 g/mol. The molecule has 2 aromatic carbocycles. The van der Waals surface area contributed by atoms with Gasteiger partial charge in [0.05, 0.1) is 12.4 Å². The van der Waals surface area contributed by atoms with Gasteiger partial charge in [0.2, 0.25) is 17.7 Å². The number of nitrogens with one attached hydrogen (secondary N) is 4. The van der Waals surface area contributed by atoms with Crippen LogP contribution in [0.25, 0.3) is 0 Å². The summed E-state index contributed by atoms with van der Waals surface area (Å²) in [6.07, 6.45) is 4.19. The predicted molar refractivity (Wildman–Crippen MR) is 160 cm³/mol. The van der Waals surface area contributed by atoms with E-state index in [9.17, 15) is 34.5 Å². The number of aliphatic carboxylic acids is 1. The topological polar surface area (TPSA) is 246 Å². The molecule has 1 aromatic heterocycles. The summed E-state index contributed by atoms with van der Waals surface area (Å²) in [4.78, 5) is 58.7. The minimum absolute atomic E-state index is 0.000973. The molecule has 0 saturated heterocycles. The number of carbonyl (C=O) groups is 4. The van der Waals surface area contributed by atoms with Gasteiger partial charge in [-0.1, -0.05) is 24.3 Å². The zero-order chi connectivity index (χ0) is 32.1. The number of aromatic nitrogens is 2. The van der Waals surface area contributed by atoms with Crippen LogP contribution in [0.15, 0.2) is 61.1 Å². The van der Waals surface area contributed by atoms with Crippen LogP contribution in [0.2, 0.25) is 0 Å². The predicted octanol–water partition coefficient (Wildman–Crippen LogP) is -0.156. The van der Waals surface area contributed by atoms with E-state index in [1.807, 2.05) is 0 Å². The van der Waals surface area contributed by atoms with E-state index in [1.165, 1.54) is 36.8 Å². The van der Waals surface area contributed by atoms with E-state index in [4.69, 9.17) is 11.5 Å². The summed E-state index contributed by atoms with van der Waals surface area (Å²) in [5.41, 5.74) is 13.5. The summed E-state index contributed by atoms with van der Waals surface area (Å²) >= 11 is 0. The molecule has 0 radical (unpaired) electrons. The number of carboxylic acids is 1. The van der Waals surface area contributed by atoms with Gasteiger partial charge in [0.15, 0.2) is 0 Å². The third-order valence-electron chi connectivity index (χ3n) is 6.91. The number of H-pyrrole nitrogens is 1. The van der Waals surface area contributed by atoms with Crippen molar-refractivity contribution in [3.05, 3.63) is 77.9 Å². The third kappa shape index (κ3) is 10.7. The van der Waals surface area contributed by atoms with Crippen LogP contribution in [-0.4, -0.2) is 79.7 Å². The maximum Gasteiger partial charge on any atom is 0.326 e. The summed E-state index contributed by atoms with van der Waals surface area (Å²) in [5.74, 6) is -3.20. The normalized spacial score (nSPS) is 13.7. The first-order valence-electron chi connectivity index (χ1n) is 14.2. The van der Waals surface area contributed by atoms with Crippen LogP contribution in [0, 0.1) is 0 Å². The van der Waals surface area contributed by atoms with Crippen LogP contribution < -0.4 is 27.4 Å². The van der Waals surface area contributed by atoms with Crippen LogP contribution >= 0.6 is 0 Å². The van der Waals surface area contributed by atoms with Gasteiger partial charge in [-0.2, -0.15) is 0 Å². The molecule has 3 aromatic rings. The van der Waals surface area contributed by atoms with E-state index in [0.717, 1.165) is 0 Å². The Hall–Kier alpha value is -4.95. The third-order valence-corrected chi connectivity index (χ3v) is 6.91. The van der Waals surface area contributed by atoms with Gasteiger partial charge < -0.3 is 47.7 Å². The number of aromatic amines is 1. The number of carboxylic acid groups (broad SMARTS) is 1. The molecular formula is C30H39N7O7. The lowest BCUT2D eigenvalue weighted by molar-refractivity contribution is -0.142. The quantitative estimate of drug-likeness (QED) is 0.0915. The van der Waals surface area contributed by atoms with Crippen LogP contribution in [0.4, 0.5) is 0 Å². The van der Waals surface area contributed by atoms with Gasteiger partial charge in [0, 0.05) is 24.7 Å². The van der Waals surface area contributed by atoms with E-state index in [-0.39, 0.29) is 37.2 Å². The Kier molecular flexibility index (Phi) is 12.7. The molecule has 0 aliphatic heterocycles. The molecule has 0 aliphatic rings. The summed E-state index contributed by atoms with van der Waals surface area (Å²) in [5, 5.41) is 36.6. The van der Waals surface area contributed by atoms with Crippen molar-refractivity contribution >= 4 is 23.7 Å². The number of hydrogen-bond acceptors (Lipinski definition) is 9. The van der Waals surface area contributed by atoms with Crippen molar-refractivity contribution in [1.82, 2.24) is 25.9 Å². The number of unbranched alkanes of at least 4 members (excludes halogenated alkanes) is 1. The highest BCUT2D eigenvalue weighted by Gasteiger charge is 2.31. The lowest BCUT2D eigenvalue weighted by Crippen LogP contribution is -2.58. The van der Waals surface area contributed by atoms with Gasteiger partial charge in [-0.15, -0.1) is 0 Å². The molecule has 1 heterocycles. The van der Waals surface area contributed by atoms with Crippen molar-refractivity contribution in [2.24, 2.45) is 11.5 Å². The minimum Gasteiger partial charge on any atom is -0.508 e. The fourth-order valence-corrected chi connectivity index (χ4v) is 4.45. The lowest BCUT2D eigenvalue weighted by atomic mass is 10.0. The molecule has 0 fully saturated rings. The van der Waals surface area contributed by atoms with Gasteiger partial charge in [-0.3, -0.25) is 14.4 Å². The first-order valence-corrected chi connectivity index (χ1v) is 14.2. The molecule has 0 bridgehead atoms. The smallest absolute Gasteiger partial charge is 0.326 e. The lowest BCUT2D eigenvalue weighted by Gasteiger charge is -2.25. The number of nitrogens with two attached hydrogens (primary N) is 2. The van der Waals surface area contributed by atoms with Crippen LogP contribution in [0.1, 0.15) is 36.1 Å². The number of carbonyl (C=O) groups excluding carboxylic acids is 3. The van der Waals surface area contributed by atoms with E-state index in [2.05, 4.69) is 25.9 Å². The molecule has 14 heteroatoms. The molecule has 3 amide bonds. The highest BCUT2D eigenvalue weighted by Crippen LogP contribution is 2.14. The molecule has 0 aliphatic carbocycles. The van der Waals surface area contributed by atoms with Gasteiger partial charge in [-0.05, 0) is 67.6 Å². The SMILES string of the molecule is NCCCCC(NC(=O)C(Cc1cnc[nH]1)NC(=O)C(Cc1ccc(O)cc1)NC(=O)C(N)Cc1ccc(O)cc1)C(=O)O. The number of nitrogens with zero attached hydrogens (tertiary/aromatic N) is 1. The Morgan fingerprint density at radius 3 is 1.80 bits per heavy atom. The van der Waals surface area contributed by atoms with Gasteiger partial charge >= 0.3 is 5.97 Å². The second kappa shape index (κ2) is 16.6. The zero-order valence-corrected chi connectivity index (χ0v) is 24.1. The van der Waals surface area contributed by atoms with Gasteiger partial charge in [-0.25, -0.2) is 9.78 Å².